The van der Waals surface area contributed by atoms with E-state index in [1.165, 1.54) is 0 Å². The summed E-state index contributed by atoms with van der Waals surface area (Å²) in [5, 5.41) is 6.82. The molecule has 0 saturated heterocycles. The van der Waals surface area contributed by atoms with Crippen molar-refractivity contribution >= 4 is 5.91 Å². The summed E-state index contributed by atoms with van der Waals surface area (Å²) < 4.78 is 21.9. The molecule has 8 nitrogen and oxygen atoms in total. The van der Waals surface area contributed by atoms with Gasteiger partial charge in [0, 0.05) is 17.8 Å². The summed E-state index contributed by atoms with van der Waals surface area (Å²) in [6, 6.07) is 10.7. The summed E-state index contributed by atoms with van der Waals surface area (Å²) in [6.45, 7) is 3.54. The van der Waals surface area contributed by atoms with Crippen LogP contribution in [0.5, 0.6) is 17.4 Å². The second-order valence-corrected chi connectivity index (χ2v) is 6.01. The van der Waals surface area contributed by atoms with Gasteiger partial charge in [-0.2, -0.15) is 0 Å². The van der Waals surface area contributed by atoms with Crippen molar-refractivity contribution in [3.8, 4) is 28.7 Å². The zero-order valence-corrected chi connectivity index (χ0v) is 15.3. The number of carbonyl (C=O) groups excluding carboxylic acids is 1. The first-order valence-electron chi connectivity index (χ1n) is 8.96. The molecule has 0 bridgehead atoms. The lowest BCUT2D eigenvalue weighted by molar-refractivity contribution is 0.0945. The lowest BCUT2D eigenvalue weighted by Gasteiger charge is -2.18. The number of hydrogen-bond donors (Lipinski definition) is 1. The minimum Gasteiger partial charge on any atom is -0.486 e. The van der Waals surface area contributed by atoms with Crippen LogP contribution in [0.3, 0.4) is 0 Å². The van der Waals surface area contributed by atoms with Gasteiger partial charge >= 0.3 is 0 Å². The number of benzene rings is 1. The third-order valence-electron chi connectivity index (χ3n) is 4.11. The largest absolute Gasteiger partial charge is 0.486 e. The molecule has 2 aromatic heterocycles. The molecule has 8 heteroatoms. The van der Waals surface area contributed by atoms with Crippen LogP contribution in [0.1, 0.15) is 23.0 Å². The molecule has 3 aromatic rings. The second-order valence-electron chi connectivity index (χ2n) is 6.01. The van der Waals surface area contributed by atoms with Crippen molar-refractivity contribution in [1.29, 1.82) is 0 Å². The number of pyridine rings is 1. The van der Waals surface area contributed by atoms with Crippen LogP contribution in [0.4, 0.5) is 0 Å². The number of amides is 1. The van der Waals surface area contributed by atoms with Crippen molar-refractivity contribution in [2.75, 3.05) is 19.8 Å². The van der Waals surface area contributed by atoms with E-state index in [0.29, 0.717) is 54.2 Å². The van der Waals surface area contributed by atoms with Crippen LogP contribution in [-0.2, 0) is 6.54 Å². The Morgan fingerprint density at radius 3 is 2.89 bits per heavy atom. The number of nitrogens with zero attached hydrogens (tertiary/aromatic N) is 2. The summed E-state index contributed by atoms with van der Waals surface area (Å²) in [5.74, 6) is 1.98. The fourth-order valence-corrected chi connectivity index (χ4v) is 2.81. The highest BCUT2D eigenvalue weighted by atomic mass is 16.6. The third kappa shape index (κ3) is 3.75. The van der Waals surface area contributed by atoms with E-state index in [-0.39, 0.29) is 12.5 Å². The van der Waals surface area contributed by atoms with Crippen molar-refractivity contribution in [1.82, 2.24) is 15.5 Å². The number of aromatic nitrogens is 2. The van der Waals surface area contributed by atoms with Crippen molar-refractivity contribution in [3.05, 3.63) is 53.9 Å². The second kappa shape index (κ2) is 7.99. The standard InChI is InChI=1S/C20H19N3O5/c1-2-25-20-15(4-3-7-21-20)19(24)22-12-14-11-17(28-23-14)13-5-6-16-18(10-13)27-9-8-26-16/h3-7,10-11H,2,8-9,12H2,1H3,(H,22,24). The van der Waals surface area contributed by atoms with Crippen LogP contribution in [0.25, 0.3) is 11.3 Å². The van der Waals surface area contributed by atoms with E-state index in [1.807, 2.05) is 25.1 Å². The number of rotatable bonds is 6. The highest BCUT2D eigenvalue weighted by Crippen LogP contribution is 2.34. The fraction of sp³-hybridized carbons (Fsp3) is 0.250. The Morgan fingerprint density at radius 2 is 2.04 bits per heavy atom. The molecule has 0 atom stereocenters. The Labute approximate surface area is 161 Å². The molecule has 1 amide bonds. The third-order valence-corrected chi connectivity index (χ3v) is 4.11. The van der Waals surface area contributed by atoms with Gasteiger partial charge in [-0.15, -0.1) is 0 Å². The highest BCUT2D eigenvalue weighted by Gasteiger charge is 2.16. The Morgan fingerprint density at radius 1 is 1.18 bits per heavy atom. The van der Waals surface area contributed by atoms with Crippen molar-refractivity contribution in [3.63, 3.8) is 0 Å². The Kier molecular flexibility index (Phi) is 5.09. The lowest BCUT2D eigenvalue weighted by Crippen LogP contribution is -2.24. The Balaban J connectivity index is 1.43. The molecule has 0 aliphatic carbocycles. The first-order chi connectivity index (χ1) is 13.7. The quantitative estimate of drug-likeness (QED) is 0.701. The van der Waals surface area contributed by atoms with E-state index in [4.69, 9.17) is 18.7 Å². The maximum absolute atomic E-state index is 12.4. The van der Waals surface area contributed by atoms with Crippen LogP contribution >= 0.6 is 0 Å². The van der Waals surface area contributed by atoms with E-state index in [1.54, 1.807) is 24.4 Å². The smallest absolute Gasteiger partial charge is 0.257 e. The molecule has 1 aromatic carbocycles. The summed E-state index contributed by atoms with van der Waals surface area (Å²) in [4.78, 5) is 16.5. The molecule has 3 heterocycles. The molecule has 1 N–H and O–H groups in total. The molecule has 0 spiro atoms. The van der Waals surface area contributed by atoms with Gasteiger partial charge in [0.15, 0.2) is 17.3 Å². The van der Waals surface area contributed by atoms with Gasteiger partial charge in [-0.25, -0.2) is 4.98 Å². The number of fused-ring (bicyclic) bond motifs is 1. The fourth-order valence-electron chi connectivity index (χ4n) is 2.81. The molecule has 0 saturated carbocycles. The van der Waals surface area contributed by atoms with Gasteiger partial charge in [-0.05, 0) is 37.3 Å². The molecule has 4 rings (SSSR count). The maximum atomic E-state index is 12.4. The Bertz CT molecular complexity index is 985. The van der Waals surface area contributed by atoms with Gasteiger partial charge in [-0.3, -0.25) is 4.79 Å². The first-order valence-corrected chi connectivity index (χ1v) is 8.96. The molecule has 0 unspecified atom stereocenters. The topological polar surface area (TPSA) is 95.7 Å². The number of nitrogens with one attached hydrogen (secondary N) is 1. The molecule has 1 aliphatic heterocycles. The zero-order valence-electron chi connectivity index (χ0n) is 15.3. The van der Waals surface area contributed by atoms with Crippen LogP contribution in [0.2, 0.25) is 0 Å². The monoisotopic (exact) mass is 381 g/mol. The molecule has 0 fully saturated rings. The Hall–Kier alpha value is -3.55. The minimum absolute atomic E-state index is 0.216. The van der Waals surface area contributed by atoms with E-state index in [9.17, 15) is 4.79 Å². The predicted octanol–water partition coefficient (Wildman–Crippen LogP) is 2.84. The molecule has 144 valence electrons. The average molecular weight is 381 g/mol. The van der Waals surface area contributed by atoms with Gasteiger partial charge in [-0.1, -0.05) is 5.16 Å². The van der Waals surface area contributed by atoms with E-state index >= 15 is 0 Å². The number of hydrogen-bond acceptors (Lipinski definition) is 7. The minimum atomic E-state index is -0.291. The lowest BCUT2D eigenvalue weighted by atomic mass is 10.1. The van der Waals surface area contributed by atoms with E-state index in [2.05, 4.69) is 15.5 Å². The van der Waals surface area contributed by atoms with Crippen LogP contribution in [0, 0.1) is 0 Å². The van der Waals surface area contributed by atoms with Gasteiger partial charge < -0.3 is 24.1 Å². The summed E-state index contributed by atoms with van der Waals surface area (Å²) in [7, 11) is 0. The summed E-state index contributed by atoms with van der Waals surface area (Å²) >= 11 is 0. The van der Waals surface area contributed by atoms with Crippen LogP contribution in [0.15, 0.2) is 47.1 Å². The summed E-state index contributed by atoms with van der Waals surface area (Å²) in [5.41, 5.74) is 1.79. The number of ether oxygens (including phenoxy) is 3. The molecular formula is C20H19N3O5. The molecule has 1 aliphatic rings. The average Bonchev–Trinajstić information content (AvgIpc) is 3.21. The molecular weight excluding hydrogens is 362 g/mol. The van der Waals surface area contributed by atoms with Gasteiger partial charge in [0.25, 0.3) is 5.91 Å². The predicted molar refractivity (Wildman–Crippen MR) is 99.5 cm³/mol. The van der Waals surface area contributed by atoms with Crippen LogP contribution < -0.4 is 19.5 Å². The van der Waals surface area contributed by atoms with E-state index in [0.717, 1.165) is 5.56 Å². The normalized spacial score (nSPS) is 12.5. The van der Waals surface area contributed by atoms with Crippen LogP contribution in [-0.4, -0.2) is 35.9 Å². The SMILES string of the molecule is CCOc1ncccc1C(=O)NCc1cc(-c2ccc3c(c2)OCCO3)on1. The molecule has 0 radical (unpaired) electrons. The molecule has 28 heavy (non-hydrogen) atoms. The number of carbonyl (C=O) groups is 1. The van der Waals surface area contributed by atoms with Gasteiger partial charge in [0.2, 0.25) is 5.88 Å². The van der Waals surface area contributed by atoms with Crippen molar-refractivity contribution in [2.45, 2.75) is 13.5 Å². The van der Waals surface area contributed by atoms with Gasteiger partial charge in [0.1, 0.15) is 24.5 Å². The first kappa shape index (κ1) is 17.8. The zero-order chi connectivity index (χ0) is 19.3. The van der Waals surface area contributed by atoms with Gasteiger partial charge in [0.05, 0.1) is 13.2 Å². The maximum Gasteiger partial charge on any atom is 0.257 e. The van der Waals surface area contributed by atoms with Crippen molar-refractivity contribution in [2.24, 2.45) is 0 Å². The van der Waals surface area contributed by atoms with E-state index < -0.39 is 0 Å². The summed E-state index contributed by atoms with van der Waals surface area (Å²) in [6.07, 6.45) is 1.58. The highest BCUT2D eigenvalue weighted by molar-refractivity contribution is 5.96. The van der Waals surface area contributed by atoms with Crippen molar-refractivity contribution < 1.29 is 23.5 Å².